The number of esters is 2. The van der Waals surface area contributed by atoms with Gasteiger partial charge in [-0.05, 0) is 6.42 Å². The van der Waals surface area contributed by atoms with Crippen molar-refractivity contribution < 1.29 is 147 Å². The molecule has 0 atom stereocenters. The van der Waals surface area contributed by atoms with Crippen molar-refractivity contribution in [3.8, 4) is 0 Å². The highest BCUT2D eigenvalue weighted by Crippen LogP contribution is 2.62. The van der Waals surface area contributed by atoms with Crippen molar-refractivity contribution in [2.24, 2.45) is 5.41 Å². The summed E-state index contributed by atoms with van der Waals surface area (Å²) in [5, 5.41) is 0. The number of carbonyl (C=O) groups excluding carboxylic acids is 2. The molecule has 0 unspecified atom stereocenters. The van der Waals surface area contributed by atoms with E-state index in [4.69, 9.17) is 9.47 Å². The highest BCUT2D eigenvalue weighted by atomic mass is 19.4. The van der Waals surface area contributed by atoms with Gasteiger partial charge in [-0.2, -0.15) is 114 Å². The molecule has 0 aliphatic heterocycles. The average Bonchev–Trinajstić information content (AvgIpc) is 3.06. The zero-order valence-corrected chi connectivity index (χ0v) is 27.8. The first-order valence-electron chi connectivity index (χ1n) is 14.3. The molecule has 0 rings (SSSR count). The summed E-state index contributed by atoms with van der Waals surface area (Å²) in [6.07, 6.45) is -17.0. The lowest BCUT2D eigenvalue weighted by Gasteiger charge is -2.39. The predicted octanol–water partition coefficient (Wildman–Crippen LogP) is 8.63. The molecule has 0 heterocycles. The highest BCUT2D eigenvalue weighted by Gasteiger charge is 2.93. The fourth-order valence-corrected chi connectivity index (χ4v) is 3.50. The molecule has 0 saturated carbocycles. The summed E-state index contributed by atoms with van der Waals surface area (Å²) in [6.45, 7) is -7.88. The van der Waals surface area contributed by atoms with Crippen LogP contribution in [-0.2, 0) is 33.3 Å². The van der Waals surface area contributed by atoms with Gasteiger partial charge < -0.3 is 23.7 Å². The van der Waals surface area contributed by atoms with Crippen LogP contribution in [0.15, 0.2) is 0 Å². The summed E-state index contributed by atoms with van der Waals surface area (Å²) in [4.78, 5) is 23.6. The van der Waals surface area contributed by atoms with Gasteiger partial charge in [0.1, 0.15) is 13.2 Å². The summed E-state index contributed by atoms with van der Waals surface area (Å²) in [5.41, 5.74) is -3.14. The van der Waals surface area contributed by atoms with Crippen molar-refractivity contribution in [1.29, 1.82) is 0 Å². The van der Waals surface area contributed by atoms with Gasteiger partial charge >= 0.3 is 83.5 Å². The number of hydrogen-bond acceptors (Lipinski definition) is 7. The van der Waals surface area contributed by atoms with Crippen LogP contribution in [0.1, 0.15) is 13.3 Å². The van der Waals surface area contributed by atoms with Gasteiger partial charge in [0, 0.05) is 7.11 Å². The van der Waals surface area contributed by atoms with Gasteiger partial charge in [0.05, 0.1) is 38.4 Å². The SMILES string of the molecule is CCC(COCCOCCOC)(COC(=O)C(F)(F)C(F)(F)C(F)(F)C(F)(F)C(F)(F)C(F)(F)F)COC(=O)C(F)(F)C(F)(F)C(F)(F)C(F)(F)C(F)(F)C(F)(F)F. The lowest BCUT2D eigenvalue weighted by Crippen LogP contribution is -2.71. The van der Waals surface area contributed by atoms with E-state index in [1.165, 1.54) is 0 Å². The van der Waals surface area contributed by atoms with Gasteiger partial charge in [-0.3, -0.25) is 0 Å². The molecule has 0 aliphatic carbocycles. The van der Waals surface area contributed by atoms with E-state index in [1.54, 1.807) is 0 Å². The Bertz CT molecular complexity index is 1300. The molecule has 0 aliphatic rings. The molecule has 0 spiro atoms. The Balaban J connectivity index is 6.82. The summed E-state index contributed by atoms with van der Waals surface area (Å²) in [5.74, 6) is -91.2. The second-order valence-corrected chi connectivity index (χ2v) is 11.4. The van der Waals surface area contributed by atoms with Crippen LogP contribution < -0.4 is 0 Å². The van der Waals surface area contributed by atoms with E-state index in [1.807, 2.05) is 0 Å². The monoisotopic (exact) mass is 928 g/mol. The highest BCUT2D eigenvalue weighted by molar-refractivity contribution is 5.80. The number of halogens is 26. The van der Waals surface area contributed by atoms with Crippen LogP contribution in [0.4, 0.5) is 114 Å². The standard InChI is InChI=1S/C25H22F26O7/c1-3-13(8-56-7-6-55-5-4-54-2,9-57-11(52)14(26,27)16(30,31)18(34,35)20(38,39)22(42,43)24(46,47)48)10-58-12(53)15(28,29)17(32,33)19(36,37)21(40,41)23(44,45)25(49,50)51/h3-10H2,1-2H3. The van der Waals surface area contributed by atoms with E-state index in [-0.39, 0.29) is 13.2 Å². The van der Waals surface area contributed by atoms with Gasteiger partial charge in [-0.1, -0.05) is 6.92 Å². The minimum atomic E-state index is -8.56. The fraction of sp³-hybridized carbons (Fsp3) is 0.920. The largest absolute Gasteiger partial charge is 0.460 e. The molecular weight excluding hydrogens is 906 g/mol. The third-order valence-corrected chi connectivity index (χ3v) is 7.36. The first kappa shape index (κ1) is 55.0. The van der Waals surface area contributed by atoms with Crippen LogP contribution >= 0.6 is 0 Å². The molecule has 0 radical (unpaired) electrons. The van der Waals surface area contributed by atoms with Crippen molar-refractivity contribution in [1.82, 2.24) is 0 Å². The van der Waals surface area contributed by atoms with Crippen LogP contribution in [0.5, 0.6) is 0 Å². The Kier molecular flexibility index (Phi) is 16.3. The van der Waals surface area contributed by atoms with Crippen LogP contribution in [0.3, 0.4) is 0 Å². The molecule has 0 aromatic heterocycles. The van der Waals surface area contributed by atoms with Crippen molar-refractivity contribution in [2.45, 2.75) is 84.9 Å². The first-order chi connectivity index (χ1) is 25.4. The fourth-order valence-electron chi connectivity index (χ4n) is 3.50. The summed E-state index contributed by atoms with van der Waals surface area (Å²) in [6, 6.07) is 0. The smallest absolute Gasteiger partial charge is 0.460 e. The third-order valence-electron chi connectivity index (χ3n) is 7.36. The molecule has 346 valence electrons. The van der Waals surface area contributed by atoms with Crippen LogP contribution in [-0.4, -0.2) is 137 Å². The quantitative estimate of drug-likeness (QED) is 0.0577. The number of alkyl halides is 26. The molecular formula is C25H22F26O7. The Morgan fingerprint density at radius 1 is 0.379 bits per heavy atom. The molecule has 0 amide bonds. The molecule has 7 nitrogen and oxygen atoms in total. The summed E-state index contributed by atoms with van der Waals surface area (Å²) in [7, 11) is 1.13. The van der Waals surface area contributed by atoms with Gasteiger partial charge in [-0.25, -0.2) is 9.59 Å². The van der Waals surface area contributed by atoms with E-state index in [2.05, 4.69) is 14.2 Å². The van der Waals surface area contributed by atoms with Crippen LogP contribution in [0.25, 0.3) is 0 Å². The molecule has 0 saturated heterocycles. The number of hydrogen-bond donors (Lipinski definition) is 0. The minimum Gasteiger partial charge on any atom is -0.460 e. The Morgan fingerprint density at radius 3 is 0.931 bits per heavy atom. The Morgan fingerprint density at radius 2 is 0.655 bits per heavy atom. The second-order valence-electron chi connectivity index (χ2n) is 11.4. The third kappa shape index (κ3) is 9.32. The number of rotatable bonds is 23. The predicted molar refractivity (Wildman–Crippen MR) is 130 cm³/mol. The maximum atomic E-state index is 14.3. The van der Waals surface area contributed by atoms with E-state index in [0.29, 0.717) is 6.92 Å². The molecule has 58 heavy (non-hydrogen) atoms. The molecule has 0 fully saturated rings. The Hall–Kier alpha value is -3.00. The van der Waals surface area contributed by atoms with E-state index in [0.717, 1.165) is 7.11 Å². The van der Waals surface area contributed by atoms with Crippen molar-refractivity contribution in [2.75, 3.05) is 53.4 Å². The van der Waals surface area contributed by atoms with Crippen molar-refractivity contribution in [3.05, 3.63) is 0 Å². The summed E-state index contributed by atoms with van der Waals surface area (Å²) >= 11 is 0. The lowest BCUT2D eigenvalue weighted by molar-refractivity contribution is -0.437. The number of methoxy groups -OCH3 is 1. The molecule has 33 heteroatoms. The van der Waals surface area contributed by atoms with Gasteiger partial charge in [0.25, 0.3) is 0 Å². The molecule has 0 bridgehead atoms. The van der Waals surface area contributed by atoms with E-state index < -0.39 is 128 Å². The van der Waals surface area contributed by atoms with Crippen molar-refractivity contribution in [3.63, 3.8) is 0 Å². The maximum absolute atomic E-state index is 14.3. The molecule has 0 aromatic carbocycles. The zero-order valence-electron chi connectivity index (χ0n) is 27.8. The topological polar surface area (TPSA) is 80.3 Å². The summed E-state index contributed by atoms with van der Waals surface area (Å²) < 4.78 is 370. The second kappa shape index (κ2) is 17.2. The van der Waals surface area contributed by atoms with Gasteiger partial charge in [0.2, 0.25) is 0 Å². The van der Waals surface area contributed by atoms with Gasteiger partial charge in [0.15, 0.2) is 0 Å². The van der Waals surface area contributed by atoms with Crippen molar-refractivity contribution >= 4 is 11.9 Å². The minimum absolute atomic E-state index is 0.153. The number of carbonyl (C=O) groups is 2. The van der Waals surface area contributed by atoms with Crippen LogP contribution in [0.2, 0.25) is 0 Å². The molecule has 0 aromatic rings. The number of ether oxygens (including phenoxy) is 5. The van der Waals surface area contributed by atoms with E-state index in [9.17, 15) is 124 Å². The first-order valence-corrected chi connectivity index (χ1v) is 14.3. The van der Waals surface area contributed by atoms with Gasteiger partial charge in [-0.15, -0.1) is 0 Å². The lowest BCUT2D eigenvalue weighted by atomic mass is 9.87. The maximum Gasteiger partial charge on any atom is 0.460 e. The average molecular weight is 928 g/mol. The zero-order chi connectivity index (χ0) is 46.8. The normalized spacial score (nSPS) is 15.4. The van der Waals surface area contributed by atoms with Crippen LogP contribution in [0, 0.1) is 5.41 Å². The molecule has 0 N–H and O–H groups in total. The van der Waals surface area contributed by atoms with E-state index >= 15 is 0 Å². The Labute approximate surface area is 304 Å².